The molecule has 0 spiro atoms. The molecular formula is C32H58O. The maximum absolute atomic E-state index is 11.5. The second kappa shape index (κ2) is 9.12. The molecule has 1 N–H and O–H groups in total. The Labute approximate surface area is 207 Å². The zero-order chi connectivity index (χ0) is 24.2. The lowest BCUT2D eigenvalue weighted by molar-refractivity contribution is -0.158. The van der Waals surface area contributed by atoms with Crippen molar-refractivity contribution in [2.75, 3.05) is 0 Å². The van der Waals surface area contributed by atoms with Crippen LogP contribution in [0.2, 0.25) is 0 Å². The Balaban J connectivity index is 1.45. The van der Waals surface area contributed by atoms with Crippen molar-refractivity contribution in [2.24, 2.45) is 57.7 Å². The Morgan fingerprint density at radius 2 is 1.52 bits per heavy atom. The van der Waals surface area contributed by atoms with Crippen molar-refractivity contribution in [3.05, 3.63) is 0 Å². The van der Waals surface area contributed by atoms with Crippen molar-refractivity contribution >= 4 is 0 Å². The Morgan fingerprint density at radius 3 is 2.18 bits per heavy atom. The summed E-state index contributed by atoms with van der Waals surface area (Å²) in [5.74, 6) is 6.33. The summed E-state index contributed by atoms with van der Waals surface area (Å²) in [4.78, 5) is 0. The minimum atomic E-state index is -0.414. The van der Waals surface area contributed by atoms with Crippen LogP contribution in [0.4, 0.5) is 0 Å². The lowest BCUT2D eigenvalue weighted by Crippen LogP contribution is -2.56. The molecule has 0 aromatic rings. The van der Waals surface area contributed by atoms with Gasteiger partial charge in [-0.25, -0.2) is 0 Å². The fourth-order valence-corrected chi connectivity index (χ4v) is 10.5. The summed E-state index contributed by atoms with van der Waals surface area (Å²) in [5.41, 5.74) is 0.887. The van der Waals surface area contributed by atoms with Crippen LogP contribution in [0.3, 0.4) is 0 Å². The normalized spacial score (nSPS) is 46.5. The van der Waals surface area contributed by atoms with E-state index in [9.17, 15) is 5.11 Å². The molecule has 4 aliphatic carbocycles. The zero-order valence-corrected chi connectivity index (χ0v) is 23.7. The monoisotopic (exact) mass is 458 g/mol. The van der Waals surface area contributed by atoms with Crippen LogP contribution < -0.4 is 0 Å². The predicted molar refractivity (Wildman–Crippen MR) is 142 cm³/mol. The van der Waals surface area contributed by atoms with E-state index in [2.05, 4.69) is 55.4 Å². The molecule has 0 radical (unpaired) electrons. The molecule has 1 nitrogen and oxygen atoms in total. The van der Waals surface area contributed by atoms with E-state index >= 15 is 0 Å². The predicted octanol–water partition coefficient (Wildman–Crippen LogP) is 9.28. The zero-order valence-electron chi connectivity index (χ0n) is 23.7. The molecule has 0 aromatic carbocycles. The lowest BCUT2D eigenvalue weighted by atomic mass is 9.43. The first-order valence-corrected chi connectivity index (χ1v) is 15.0. The van der Waals surface area contributed by atoms with E-state index in [0.717, 1.165) is 60.7 Å². The van der Waals surface area contributed by atoms with Crippen LogP contribution in [0, 0.1) is 57.7 Å². The number of hydrogen-bond donors (Lipinski definition) is 1. The summed E-state index contributed by atoms with van der Waals surface area (Å²) in [7, 11) is 0. The summed E-state index contributed by atoms with van der Waals surface area (Å²) in [6.45, 7) is 19.7. The van der Waals surface area contributed by atoms with E-state index in [0.29, 0.717) is 10.8 Å². The van der Waals surface area contributed by atoms with Gasteiger partial charge in [-0.2, -0.15) is 0 Å². The van der Waals surface area contributed by atoms with Gasteiger partial charge in [0, 0.05) is 0 Å². The molecule has 4 rings (SSSR count). The van der Waals surface area contributed by atoms with Crippen LogP contribution in [0.1, 0.15) is 139 Å². The van der Waals surface area contributed by atoms with Gasteiger partial charge < -0.3 is 5.11 Å². The van der Waals surface area contributed by atoms with Gasteiger partial charge in [0.1, 0.15) is 0 Å². The average molecular weight is 459 g/mol. The average Bonchev–Trinajstić information content (AvgIpc) is 3.04. The molecule has 1 heteroatoms. The summed E-state index contributed by atoms with van der Waals surface area (Å²) in [6, 6.07) is 0. The number of hydrogen-bond acceptors (Lipinski definition) is 1. The highest BCUT2D eigenvalue weighted by atomic mass is 16.3. The molecule has 192 valence electrons. The Bertz CT molecular complexity index is 674. The van der Waals surface area contributed by atoms with Gasteiger partial charge in [0.25, 0.3) is 0 Å². The first-order valence-electron chi connectivity index (χ1n) is 15.0. The second-order valence-electron chi connectivity index (χ2n) is 15.9. The van der Waals surface area contributed by atoms with Gasteiger partial charge in [0.2, 0.25) is 0 Å². The third-order valence-electron chi connectivity index (χ3n) is 11.9. The molecular weight excluding hydrogens is 400 g/mol. The minimum Gasteiger partial charge on any atom is -0.390 e. The summed E-state index contributed by atoms with van der Waals surface area (Å²) in [5, 5.41) is 11.5. The number of rotatable bonds is 6. The molecule has 0 unspecified atom stereocenters. The first-order chi connectivity index (χ1) is 15.3. The third kappa shape index (κ3) is 4.97. The van der Waals surface area contributed by atoms with Gasteiger partial charge in [-0.05, 0) is 122 Å². The second-order valence-corrected chi connectivity index (χ2v) is 15.9. The smallest absolute Gasteiger partial charge is 0.0655 e. The van der Waals surface area contributed by atoms with Gasteiger partial charge >= 0.3 is 0 Å². The van der Waals surface area contributed by atoms with E-state index in [-0.39, 0.29) is 5.41 Å². The summed E-state index contributed by atoms with van der Waals surface area (Å²) in [6.07, 6.45) is 17.4. The molecule has 0 aliphatic heterocycles. The van der Waals surface area contributed by atoms with Crippen molar-refractivity contribution in [2.45, 2.75) is 144 Å². The lowest BCUT2D eigenvalue weighted by Gasteiger charge is -2.62. The fourth-order valence-electron chi connectivity index (χ4n) is 10.5. The molecule has 0 bridgehead atoms. The van der Waals surface area contributed by atoms with Gasteiger partial charge in [-0.3, -0.25) is 0 Å². The van der Waals surface area contributed by atoms with E-state index in [1.165, 1.54) is 64.2 Å². The van der Waals surface area contributed by atoms with Crippen LogP contribution in [0.5, 0.6) is 0 Å². The van der Waals surface area contributed by atoms with Crippen molar-refractivity contribution < 1.29 is 5.11 Å². The highest BCUT2D eigenvalue weighted by Crippen LogP contribution is 2.69. The fraction of sp³-hybridized carbons (Fsp3) is 1.00. The largest absolute Gasteiger partial charge is 0.390 e. The van der Waals surface area contributed by atoms with Crippen molar-refractivity contribution in [3.8, 4) is 0 Å². The van der Waals surface area contributed by atoms with Gasteiger partial charge in [0.05, 0.1) is 5.60 Å². The Hall–Kier alpha value is -0.0400. The van der Waals surface area contributed by atoms with E-state index < -0.39 is 5.60 Å². The van der Waals surface area contributed by atoms with Crippen LogP contribution in [-0.4, -0.2) is 10.7 Å². The van der Waals surface area contributed by atoms with Crippen LogP contribution in [0.15, 0.2) is 0 Å². The SMILES string of the molecule is CC(C)CCC[C@H](C)[C@H]1CC[C@H]2[C@H]3CC[C@H]4C[C@@](O)(CC(C)(C)C)CC[C@]4(C)[C@@H]3CC[C@]12C. The molecule has 0 amide bonds. The molecule has 0 heterocycles. The van der Waals surface area contributed by atoms with Crippen LogP contribution in [-0.2, 0) is 0 Å². The number of fused-ring (bicyclic) bond motifs is 5. The Kier molecular flexibility index (Phi) is 7.19. The molecule has 0 aromatic heterocycles. The molecule has 4 saturated carbocycles. The van der Waals surface area contributed by atoms with E-state index in [4.69, 9.17) is 0 Å². The molecule has 9 atom stereocenters. The highest BCUT2D eigenvalue weighted by molar-refractivity contribution is 5.11. The molecule has 4 aliphatic rings. The maximum atomic E-state index is 11.5. The molecule has 4 fully saturated rings. The van der Waals surface area contributed by atoms with Gasteiger partial charge in [-0.1, -0.05) is 74.7 Å². The third-order valence-corrected chi connectivity index (χ3v) is 11.9. The van der Waals surface area contributed by atoms with Gasteiger partial charge in [-0.15, -0.1) is 0 Å². The maximum Gasteiger partial charge on any atom is 0.0655 e. The van der Waals surface area contributed by atoms with Crippen molar-refractivity contribution in [3.63, 3.8) is 0 Å². The Morgan fingerprint density at radius 1 is 0.818 bits per heavy atom. The minimum absolute atomic E-state index is 0.219. The van der Waals surface area contributed by atoms with Crippen LogP contribution >= 0.6 is 0 Å². The topological polar surface area (TPSA) is 20.2 Å². The highest BCUT2D eigenvalue weighted by Gasteiger charge is 2.61. The molecule has 0 saturated heterocycles. The number of aliphatic hydroxyl groups is 1. The van der Waals surface area contributed by atoms with Crippen molar-refractivity contribution in [1.82, 2.24) is 0 Å². The van der Waals surface area contributed by atoms with E-state index in [1.54, 1.807) is 0 Å². The van der Waals surface area contributed by atoms with Gasteiger partial charge in [0.15, 0.2) is 0 Å². The molecule has 33 heavy (non-hydrogen) atoms. The standard InChI is InChI=1S/C32H58O/c1-22(2)10-9-11-23(3)26-14-15-27-25-13-12-24-20-32(33,21-29(4,5)6)19-18-30(24,7)28(25)16-17-31(26,27)8/h22-28,33H,9-21H2,1-8H3/t23-,24-,25+,26+,27-,28+,30-,31+,32+/m0/s1. The first kappa shape index (κ1) is 26.0. The van der Waals surface area contributed by atoms with Crippen molar-refractivity contribution in [1.29, 1.82) is 0 Å². The summed E-state index contributed by atoms with van der Waals surface area (Å²) < 4.78 is 0. The van der Waals surface area contributed by atoms with Crippen LogP contribution in [0.25, 0.3) is 0 Å². The summed E-state index contributed by atoms with van der Waals surface area (Å²) >= 11 is 0. The quantitative estimate of drug-likeness (QED) is 0.420. The van der Waals surface area contributed by atoms with E-state index in [1.807, 2.05) is 0 Å².